The molecule has 1 N–H and O–H groups in total. The lowest BCUT2D eigenvalue weighted by Crippen LogP contribution is -1.90. The average Bonchev–Trinajstić information content (AvgIpc) is 2.64. The Morgan fingerprint density at radius 3 is 3.42 bits per heavy atom. The van der Waals surface area contributed by atoms with Crippen LogP contribution in [-0.4, -0.2) is 11.5 Å². The van der Waals surface area contributed by atoms with Crippen LogP contribution >= 0.6 is 11.3 Å². The van der Waals surface area contributed by atoms with Gasteiger partial charge in [-0.1, -0.05) is 0 Å². The van der Waals surface area contributed by atoms with E-state index in [4.69, 9.17) is 0 Å². The highest BCUT2D eigenvalue weighted by Gasteiger charge is 2.11. The number of nitrogens with zero attached hydrogens (tertiary/aromatic N) is 1. The second kappa shape index (κ2) is 2.20. The van der Waals surface area contributed by atoms with Crippen molar-refractivity contribution in [3.63, 3.8) is 0 Å². The maximum absolute atomic E-state index is 4.27. The van der Waals surface area contributed by atoms with Crippen LogP contribution in [0.4, 0.5) is 5.69 Å². The van der Waals surface area contributed by atoms with E-state index in [1.807, 2.05) is 5.51 Å². The standard InChI is InChI=1S/C9H8N2S/c1-2-10-7-4-8-9(3-6(1)7)12-5-11-8/h3-5,10H,1-2H2. The number of fused-ring (bicyclic) bond motifs is 2. The van der Waals surface area contributed by atoms with E-state index in [1.165, 1.54) is 16.0 Å². The average molecular weight is 176 g/mol. The molecule has 3 heteroatoms. The van der Waals surface area contributed by atoms with Crippen molar-refractivity contribution >= 4 is 27.2 Å². The largest absolute Gasteiger partial charge is 0.384 e. The first kappa shape index (κ1) is 6.43. The Morgan fingerprint density at radius 2 is 2.42 bits per heavy atom. The van der Waals surface area contributed by atoms with E-state index in [-0.39, 0.29) is 0 Å². The summed E-state index contributed by atoms with van der Waals surface area (Å²) in [5, 5.41) is 3.35. The number of rotatable bonds is 0. The summed E-state index contributed by atoms with van der Waals surface area (Å²) in [6, 6.07) is 4.40. The van der Waals surface area contributed by atoms with Crippen molar-refractivity contribution in [3.8, 4) is 0 Å². The molecule has 0 amide bonds. The molecule has 0 fully saturated rings. The summed E-state index contributed by atoms with van der Waals surface area (Å²) in [5.74, 6) is 0. The van der Waals surface area contributed by atoms with Crippen LogP contribution in [0.5, 0.6) is 0 Å². The SMILES string of the molecule is c1nc2cc3c(cc2s1)CCN3. The minimum Gasteiger partial charge on any atom is -0.384 e. The van der Waals surface area contributed by atoms with E-state index in [1.54, 1.807) is 11.3 Å². The van der Waals surface area contributed by atoms with Crippen molar-refractivity contribution in [1.29, 1.82) is 0 Å². The molecule has 2 aromatic rings. The Hall–Kier alpha value is -1.09. The number of hydrogen-bond acceptors (Lipinski definition) is 3. The molecule has 12 heavy (non-hydrogen) atoms. The van der Waals surface area contributed by atoms with Gasteiger partial charge in [0.1, 0.15) is 0 Å². The second-order valence-corrected chi connectivity index (χ2v) is 3.89. The van der Waals surface area contributed by atoms with Crippen molar-refractivity contribution in [2.24, 2.45) is 0 Å². The third kappa shape index (κ3) is 0.770. The third-order valence-corrected chi connectivity index (χ3v) is 3.06. The maximum atomic E-state index is 4.27. The summed E-state index contributed by atoms with van der Waals surface area (Å²) < 4.78 is 1.30. The Bertz CT molecular complexity index is 395. The molecule has 0 saturated carbocycles. The molecular weight excluding hydrogens is 168 g/mol. The molecule has 0 spiro atoms. The normalized spacial score (nSPS) is 14.7. The predicted molar refractivity (Wildman–Crippen MR) is 51.8 cm³/mol. The molecule has 0 aliphatic carbocycles. The maximum Gasteiger partial charge on any atom is 0.0832 e. The zero-order valence-corrected chi connectivity index (χ0v) is 7.32. The summed E-state index contributed by atoms with van der Waals surface area (Å²) >= 11 is 1.71. The fourth-order valence-electron chi connectivity index (χ4n) is 1.65. The molecule has 1 aromatic heterocycles. The number of nitrogens with one attached hydrogen (secondary N) is 1. The van der Waals surface area contributed by atoms with E-state index in [0.29, 0.717) is 0 Å². The highest BCUT2D eigenvalue weighted by molar-refractivity contribution is 7.16. The molecule has 0 radical (unpaired) electrons. The van der Waals surface area contributed by atoms with Crippen LogP contribution in [0.1, 0.15) is 5.56 Å². The van der Waals surface area contributed by atoms with Crippen molar-refractivity contribution in [2.45, 2.75) is 6.42 Å². The van der Waals surface area contributed by atoms with E-state index in [9.17, 15) is 0 Å². The van der Waals surface area contributed by atoms with Gasteiger partial charge in [-0.25, -0.2) is 4.98 Å². The van der Waals surface area contributed by atoms with Crippen LogP contribution < -0.4 is 5.32 Å². The molecule has 0 atom stereocenters. The lowest BCUT2D eigenvalue weighted by Gasteiger charge is -1.97. The fourth-order valence-corrected chi connectivity index (χ4v) is 2.37. The minimum absolute atomic E-state index is 1.08. The van der Waals surface area contributed by atoms with Gasteiger partial charge in [0.15, 0.2) is 0 Å². The van der Waals surface area contributed by atoms with Crippen LogP contribution in [0.15, 0.2) is 17.6 Å². The summed E-state index contributed by atoms with van der Waals surface area (Å²) in [4.78, 5) is 4.27. The van der Waals surface area contributed by atoms with E-state index >= 15 is 0 Å². The zero-order valence-electron chi connectivity index (χ0n) is 6.50. The molecular formula is C9H8N2S. The molecule has 0 unspecified atom stereocenters. The van der Waals surface area contributed by atoms with Gasteiger partial charge in [-0.2, -0.15) is 0 Å². The third-order valence-electron chi connectivity index (χ3n) is 2.27. The smallest absolute Gasteiger partial charge is 0.0832 e. The Balaban J connectivity index is 2.38. The Kier molecular flexibility index (Phi) is 1.18. The van der Waals surface area contributed by atoms with Gasteiger partial charge >= 0.3 is 0 Å². The lowest BCUT2D eigenvalue weighted by atomic mass is 10.1. The molecule has 2 nitrogen and oxygen atoms in total. The van der Waals surface area contributed by atoms with Crippen LogP contribution in [0.2, 0.25) is 0 Å². The summed E-state index contributed by atoms with van der Waals surface area (Å²) in [6.45, 7) is 1.08. The first-order valence-electron chi connectivity index (χ1n) is 4.03. The van der Waals surface area contributed by atoms with E-state index in [2.05, 4.69) is 22.4 Å². The van der Waals surface area contributed by atoms with Crippen LogP contribution in [-0.2, 0) is 6.42 Å². The molecule has 2 heterocycles. The monoisotopic (exact) mass is 176 g/mol. The molecule has 1 aliphatic heterocycles. The summed E-state index contributed by atoms with van der Waals surface area (Å²) in [7, 11) is 0. The van der Waals surface area contributed by atoms with Gasteiger partial charge in [0.25, 0.3) is 0 Å². The molecule has 1 aliphatic rings. The van der Waals surface area contributed by atoms with Gasteiger partial charge in [-0.15, -0.1) is 11.3 Å². The number of aromatic nitrogens is 1. The van der Waals surface area contributed by atoms with Crippen molar-refractivity contribution in [3.05, 3.63) is 23.2 Å². The number of thiazole rings is 1. The first-order chi connectivity index (χ1) is 5.93. The van der Waals surface area contributed by atoms with Gasteiger partial charge in [-0.3, -0.25) is 0 Å². The molecule has 0 saturated heterocycles. The molecule has 0 bridgehead atoms. The molecule has 3 rings (SSSR count). The van der Waals surface area contributed by atoms with Crippen LogP contribution in [0, 0.1) is 0 Å². The number of benzene rings is 1. The highest BCUT2D eigenvalue weighted by atomic mass is 32.1. The number of anilines is 1. The van der Waals surface area contributed by atoms with Gasteiger partial charge < -0.3 is 5.32 Å². The zero-order chi connectivity index (χ0) is 7.97. The van der Waals surface area contributed by atoms with Gasteiger partial charge in [0, 0.05) is 12.2 Å². The molecule has 1 aromatic carbocycles. The lowest BCUT2D eigenvalue weighted by molar-refractivity contribution is 1.11. The topological polar surface area (TPSA) is 24.9 Å². The van der Waals surface area contributed by atoms with Crippen LogP contribution in [0.3, 0.4) is 0 Å². The van der Waals surface area contributed by atoms with Crippen molar-refractivity contribution in [1.82, 2.24) is 4.98 Å². The van der Waals surface area contributed by atoms with Crippen molar-refractivity contribution in [2.75, 3.05) is 11.9 Å². The quantitative estimate of drug-likeness (QED) is 0.666. The van der Waals surface area contributed by atoms with E-state index < -0.39 is 0 Å². The van der Waals surface area contributed by atoms with Gasteiger partial charge in [0.05, 0.1) is 15.7 Å². The highest BCUT2D eigenvalue weighted by Crippen LogP contribution is 2.29. The minimum atomic E-state index is 1.08. The summed E-state index contributed by atoms with van der Waals surface area (Å²) in [5.41, 5.74) is 5.73. The predicted octanol–water partition coefficient (Wildman–Crippen LogP) is 2.26. The molecule has 60 valence electrons. The van der Waals surface area contributed by atoms with Gasteiger partial charge in [-0.05, 0) is 24.1 Å². The van der Waals surface area contributed by atoms with Gasteiger partial charge in [0.2, 0.25) is 0 Å². The Morgan fingerprint density at radius 1 is 1.42 bits per heavy atom. The Labute approximate surface area is 74.2 Å². The number of hydrogen-bond donors (Lipinski definition) is 1. The summed E-state index contributed by atoms with van der Waals surface area (Å²) in [6.07, 6.45) is 1.16. The second-order valence-electron chi connectivity index (χ2n) is 3.01. The van der Waals surface area contributed by atoms with E-state index in [0.717, 1.165) is 18.5 Å². The fraction of sp³-hybridized carbons (Fsp3) is 0.222. The first-order valence-corrected chi connectivity index (χ1v) is 4.91. The van der Waals surface area contributed by atoms with Crippen LogP contribution in [0.25, 0.3) is 10.2 Å². The van der Waals surface area contributed by atoms with Crippen molar-refractivity contribution < 1.29 is 0 Å².